The van der Waals surface area contributed by atoms with Gasteiger partial charge in [0.25, 0.3) is 5.91 Å². The molecule has 0 aliphatic rings. The lowest BCUT2D eigenvalue weighted by atomic mass is 10.1. The van der Waals surface area contributed by atoms with E-state index in [-0.39, 0.29) is 11.3 Å². The molecule has 120 valence electrons. The Morgan fingerprint density at radius 1 is 1.09 bits per heavy atom. The van der Waals surface area contributed by atoms with Crippen LogP contribution in [0.4, 0.5) is 5.69 Å². The summed E-state index contributed by atoms with van der Waals surface area (Å²) < 4.78 is 0. The molecule has 1 aromatic rings. The molecule has 0 aromatic heterocycles. The molecular weight excluding hydrogens is 282 g/mol. The predicted molar refractivity (Wildman–Crippen MR) is 85.4 cm³/mol. The maximum atomic E-state index is 12.2. The van der Waals surface area contributed by atoms with E-state index in [2.05, 4.69) is 5.32 Å². The highest BCUT2D eigenvalue weighted by Gasteiger charge is 2.22. The number of benzene rings is 1. The van der Waals surface area contributed by atoms with Gasteiger partial charge in [0.2, 0.25) is 0 Å². The minimum absolute atomic E-state index is 0.180. The molecule has 0 aliphatic heterocycles. The molecule has 0 atom stereocenters. The summed E-state index contributed by atoms with van der Waals surface area (Å²) in [5, 5.41) is 2.48. The number of amides is 3. The van der Waals surface area contributed by atoms with Crippen LogP contribution in [0, 0.1) is 0 Å². The van der Waals surface area contributed by atoms with Crippen LogP contribution < -0.4 is 11.1 Å². The number of hydrogen-bond donors (Lipinski definition) is 2. The third-order valence-corrected chi connectivity index (χ3v) is 3.20. The summed E-state index contributed by atoms with van der Waals surface area (Å²) in [5.74, 6) is -1.99. The largest absolute Gasteiger partial charge is 0.366 e. The highest BCUT2D eigenvalue weighted by Crippen LogP contribution is 2.14. The molecule has 0 bridgehead atoms. The van der Waals surface area contributed by atoms with E-state index in [1.807, 2.05) is 13.8 Å². The zero-order valence-corrected chi connectivity index (χ0v) is 13.1. The van der Waals surface area contributed by atoms with Crippen LogP contribution in [0.25, 0.3) is 0 Å². The lowest BCUT2D eigenvalue weighted by Crippen LogP contribution is -2.41. The van der Waals surface area contributed by atoms with Crippen LogP contribution in [0.5, 0.6) is 0 Å². The van der Waals surface area contributed by atoms with Crippen LogP contribution in [-0.4, -0.2) is 35.7 Å². The van der Waals surface area contributed by atoms with Gasteiger partial charge in [-0.3, -0.25) is 14.4 Å². The Hall–Kier alpha value is -2.37. The molecule has 0 unspecified atom stereocenters. The standard InChI is InChI=1S/C16H23N3O3/c1-3-5-11-19(10-4-2)16(22)15(21)18-13-9-7-6-8-12(13)14(17)20/h6-9H,3-5,10-11H2,1-2H3,(H2,17,20)(H,18,21). The number of anilines is 1. The number of hydrogen-bond acceptors (Lipinski definition) is 3. The van der Waals surface area contributed by atoms with Crippen molar-refractivity contribution >= 4 is 23.4 Å². The van der Waals surface area contributed by atoms with Crippen LogP contribution >= 0.6 is 0 Å². The number of primary amides is 1. The average molecular weight is 305 g/mol. The molecular formula is C16H23N3O3. The van der Waals surface area contributed by atoms with Gasteiger partial charge in [-0.05, 0) is 25.0 Å². The number of unbranched alkanes of at least 4 members (excludes halogenated alkanes) is 1. The van der Waals surface area contributed by atoms with Gasteiger partial charge in [0.15, 0.2) is 0 Å². The summed E-state index contributed by atoms with van der Waals surface area (Å²) >= 11 is 0. The topological polar surface area (TPSA) is 92.5 Å². The number of para-hydroxylation sites is 1. The molecule has 22 heavy (non-hydrogen) atoms. The van der Waals surface area contributed by atoms with Crippen molar-refractivity contribution in [2.45, 2.75) is 33.1 Å². The van der Waals surface area contributed by atoms with Crippen molar-refractivity contribution in [1.82, 2.24) is 4.90 Å². The Morgan fingerprint density at radius 2 is 1.77 bits per heavy atom. The third-order valence-electron chi connectivity index (χ3n) is 3.20. The van der Waals surface area contributed by atoms with Gasteiger partial charge in [0.1, 0.15) is 0 Å². The van der Waals surface area contributed by atoms with Crippen molar-refractivity contribution in [3.8, 4) is 0 Å². The summed E-state index contributed by atoms with van der Waals surface area (Å²) in [6.45, 7) is 5.06. The first kappa shape index (κ1) is 17.7. The van der Waals surface area contributed by atoms with E-state index in [9.17, 15) is 14.4 Å². The van der Waals surface area contributed by atoms with E-state index >= 15 is 0 Å². The predicted octanol–water partition coefficient (Wildman–Crippen LogP) is 1.76. The second-order valence-corrected chi connectivity index (χ2v) is 5.01. The number of nitrogens with two attached hydrogens (primary N) is 1. The van der Waals surface area contributed by atoms with Crippen molar-refractivity contribution in [2.24, 2.45) is 5.73 Å². The molecule has 0 heterocycles. The molecule has 3 amide bonds. The van der Waals surface area contributed by atoms with Gasteiger partial charge in [-0.15, -0.1) is 0 Å². The second kappa shape index (κ2) is 8.81. The van der Waals surface area contributed by atoms with Crippen LogP contribution in [-0.2, 0) is 9.59 Å². The van der Waals surface area contributed by atoms with E-state index in [1.54, 1.807) is 18.2 Å². The SMILES string of the molecule is CCCCN(CCC)C(=O)C(=O)Nc1ccccc1C(N)=O. The Balaban J connectivity index is 2.82. The summed E-state index contributed by atoms with van der Waals surface area (Å²) in [6, 6.07) is 6.35. The van der Waals surface area contributed by atoms with Crippen molar-refractivity contribution in [1.29, 1.82) is 0 Å². The maximum Gasteiger partial charge on any atom is 0.313 e. The second-order valence-electron chi connectivity index (χ2n) is 5.01. The minimum Gasteiger partial charge on any atom is -0.366 e. The Bertz CT molecular complexity index is 543. The zero-order valence-electron chi connectivity index (χ0n) is 13.1. The smallest absolute Gasteiger partial charge is 0.313 e. The first-order valence-electron chi connectivity index (χ1n) is 7.50. The molecule has 0 spiro atoms. The number of carbonyl (C=O) groups is 3. The monoisotopic (exact) mass is 305 g/mol. The Kier molecular flexibility index (Phi) is 7.08. The minimum atomic E-state index is -0.752. The summed E-state index contributed by atoms with van der Waals surface area (Å²) in [5.41, 5.74) is 5.68. The van der Waals surface area contributed by atoms with E-state index in [4.69, 9.17) is 5.73 Å². The fraction of sp³-hybridized carbons (Fsp3) is 0.438. The van der Waals surface area contributed by atoms with Crippen molar-refractivity contribution in [2.75, 3.05) is 18.4 Å². The fourth-order valence-corrected chi connectivity index (χ4v) is 2.06. The molecule has 0 fully saturated rings. The quantitative estimate of drug-likeness (QED) is 0.752. The average Bonchev–Trinajstić information content (AvgIpc) is 2.51. The van der Waals surface area contributed by atoms with Gasteiger partial charge in [-0.25, -0.2) is 0 Å². The maximum absolute atomic E-state index is 12.2. The number of nitrogens with zero attached hydrogens (tertiary/aromatic N) is 1. The fourth-order valence-electron chi connectivity index (χ4n) is 2.06. The molecule has 1 rings (SSSR count). The molecule has 1 aromatic carbocycles. The van der Waals surface area contributed by atoms with Gasteiger partial charge >= 0.3 is 11.8 Å². The molecule has 6 nitrogen and oxygen atoms in total. The summed E-state index contributed by atoms with van der Waals surface area (Å²) in [6.07, 6.45) is 2.57. The Labute approximate surface area is 130 Å². The lowest BCUT2D eigenvalue weighted by Gasteiger charge is -2.21. The normalized spacial score (nSPS) is 10.1. The first-order valence-corrected chi connectivity index (χ1v) is 7.50. The van der Waals surface area contributed by atoms with Crippen LogP contribution in [0.2, 0.25) is 0 Å². The highest BCUT2D eigenvalue weighted by atomic mass is 16.2. The number of rotatable bonds is 7. The van der Waals surface area contributed by atoms with Crippen molar-refractivity contribution in [3.05, 3.63) is 29.8 Å². The van der Waals surface area contributed by atoms with E-state index in [0.29, 0.717) is 13.1 Å². The van der Waals surface area contributed by atoms with Crippen LogP contribution in [0.15, 0.2) is 24.3 Å². The van der Waals surface area contributed by atoms with E-state index in [1.165, 1.54) is 11.0 Å². The van der Waals surface area contributed by atoms with Gasteiger partial charge in [-0.1, -0.05) is 32.4 Å². The van der Waals surface area contributed by atoms with Gasteiger partial charge in [0.05, 0.1) is 11.3 Å². The summed E-state index contributed by atoms with van der Waals surface area (Å²) in [7, 11) is 0. The van der Waals surface area contributed by atoms with Gasteiger partial charge in [-0.2, -0.15) is 0 Å². The van der Waals surface area contributed by atoms with Crippen molar-refractivity contribution < 1.29 is 14.4 Å². The third kappa shape index (κ3) is 4.87. The van der Waals surface area contributed by atoms with E-state index in [0.717, 1.165) is 19.3 Å². The number of nitrogens with one attached hydrogen (secondary N) is 1. The van der Waals surface area contributed by atoms with Gasteiger partial charge in [0, 0.05) is 13.1 Å². The molecule has 3 N–H and O–H groups in total. The van der Waals surface area contributed by atoms with E-state index < -0.39 is 17.7 Å². The van der Waals surface area contributed by atoms with Crippen LogP contribution in [0.1, 0.15) is 43.5 Å². The molecule has 0 saturated heterocycles. The zero-order chi connectivity index (χ0) is 16.5. The highest BCUT2D eigenvalue weighted by molar-refractivity contribution is 6.39. The molecule has 0 saturated carbocycles. The first-order chi connectivity index (χ1) is 10.5. The molecule has 0 radical (unpaired) electrons. The Morgan fingerprint density at radius 3 is 2.36 bits per heavy atom. The van der Waals surface area contributed by atoms with Gasteiger partial charge < -0.3 is 16.0 Å². The molecule has 0 aliphatic carbocycles. The van der Waals surface area contributed by atoms with Crippen molar-refractivity contribution in [3.63, 3.8) is 0 Å². The lowest BCUT2D eigenvalue weighted by molar-refractivity contribution is -0.143. The summed E-state index contributed by atoms with van der Waals surface area (Å²) in [4.78, 5) is 37.2. The number of carbonyl (C=O) groups excluding carboxylic acids is 3. The molecule has 6 heteroatoms. The van der Waals surface area contributed by atoms with Crippen LogP contribution in [0.3, 0.4) is 0 Å².